The smallest absolute Gasteiger partial charge is 0.269 e. The minimum atomic E-state index is -0.432. The standard InChI is InChI=1S/C22H15N3O3/c26-21-9-5-4-8-19-20(15-12-16-10-13-18(14-11-16)25(27)28)23-24(22(19)21)17-6-2-1-3-7-17/h1-15H/b15-12+. The average molecular weight is 369 g/mol. The summed E-state index contributed by atoms with van der Waals surface area (Å²) >= 11 is 0. The van der Waals surface area contributed by atoms with Crippen LogP contribution in [0.25, 0.3) is 28.7 Å². The van der Waals surface area contributed by atoms with E-state index >= 15 is 0 Å². The van der Waals surface area contributed by atoms with Crippen molar-refractivity contribution in [3.8, 4) is 5.69 Å². The Kier molecular flexibility index (Phi) is 4.51. The molecule has 0 unspecified atom stereocenters. The number of nitro benzene ring substituents is 1. The molecule has 0 spiro atoms. The topological polar surface area (TPSA) is 78.0 Å². The fourth-order valence-corrected chi connectivity index (χ4v) is 2.98. The lowest BCUT2D eigenvalue weighted by atomic mass is 10.1. The minimum Gasteiger partial charge on any atom is -0.288 e. The average Bonchev–Trinajstić information content (AvgIpc) is 2.98. The fourth-order valence-electron chi connectivity index (χ4n) is 2.98. The number of aromatic nitrogens is 2. The first-order chi connectivity index (χ1) is 13.6. The number of fused-ring (bicyclic) bond motifs is 1. The summed E-state index contributed by atoms with van der Waals surface area (Å²) in [5, 5.41) is 16.1. The molecule has 0 aliphatic heterocycles. The number of para-hydroxylation sites is 1. The summed E-state index contributed by atoms with van der Waals surface area (Å²) in [5.74, 6) is 0. The molecule has 4 aromatic rings. The molecule has 0 fully saturated rings. The highest BCUT2D eigenvalue weighted by Crippen LogP contribution is 2.21. The molecule has 0 amide bonds. The molecule has 0 radical (unpaired) electrons. The van der Waals surface area contributed by atoms with Gasteiger partial charge in [-0.1, -0.05) is 42.5 Å². The summed E-state index contributed by atoms with van der Waals surface area (Å²) in [6.45, 7) is 0. The molecular weight excluding hydrogens is 354 g/mol. The van der Waals surface area contributed by atoms with Crippen molar-refractivity contribution in [3.63, 3.8) is 0 Å². The van der Waals surface area contributed by atoms with E-state index in [9.17, 15) is 14.9 Å². The van der Waals surface area contributed by atoms with Gasteiger partial charge < -0.3 is 0 Å². The van der Waals surface area contributed by atoms with Gasteiger partial charge in [-0.25, -0.2) is 4.68 Å². The summed E-state index contributed by atoms with van der Waals surface area (Å²) in [7, 11) is 0. The lowest BCUT2D eigenvalue weighted by molar-refractivity contribution is -0.384. The molecular formula is C22H15N3O3. The van der Waals surface area contributed by atoms with Crippen LogP contribution in [0.1, 0.15) is 11.3 Å². The van der Waals surface area contributed by atoms with Crippen molar-refractivity contribution < 1.29 is 4.92 Å². The number of hydrogen-bond donors (Lipinski definition) is 0. The van der Waals surface area contributed by atoms with E-state index in [4.69, 9.17) is 0 Å². The highest BCUT2D eigenvalue weighted by Gasteiger charge is 2.12. The Morgan fingerprint density at radius 2 is 1.54 bits per heavy atom. The SMILES string of the molecule is O=c1ccccc2c(/C=C/c3ccc([N+](=O)[O-])cc3)nn(-c3ccccc3)c12. The molecule has 0 saturated heterocycles. The van der Waals surface area contributed by atoms with Crippen LogP contribution in [0.2, 0.25) is 0 Å². The Hall–Kier alpha value is -4.06. The van der Waals surface area contributed by atoms with Crippen LogP contribution in [0.5, 0.6) is 0 Å². The summed E-state index contributed by atoms with van der Waals surface area (Å²) in [6.07, 6.45) is 3.63. The second kappa shape index (κ2) is 7.28. The van der Waals surface area contributed by atoms with Crippen LogP contribution in [0, 0.1) is 10.1 Å². The van der Waals surface area contributed by atoms with E-state index in [1.54, 1.807) is 22.9 Å². The third kappa shape index (κ3) is 3.31. The van der Waals surface area contributed by atoms with Crippen molar-refractivity contribution in [2.45, 2.75) is 0 Å². The second-order valence-corrected chi connectivity index (χ2v) is 6.16. The molecule has 4 rings (SSSR count). The largest absolute Gasteiger partial charge is 0.288 e. The number of nitrogens with zero attached hydrogens (tertiary/aromatic N) is 3. The van der Waals surface area contributed by atoms with Crippen LogP contribution in [-0.4, -0.2) is 14.7 Å². The monoisotopic (exact) mass is 369 g/mol. The van der Waals surface area contributed by atoms with E-state index in [0.29, 0.717) is 11.2 Å². The van der Waals surface area contributed by atoms with Crippen molar-refractivity contribution in [3.05, 3.63) is 110 Å². The molecule has 0 aliphatic rings. The van der Waals surface area contributed by atoms with Gasteiger partial charge in [-0.3, -0.25) is 14.9 Å². The van der Waals surface area contributed by atoms with Crippen LogP contribution in [0.15, 0.2) is 83.7 Å². The molecule has 1 aromatic heterocycles. The van der Waals surface area contributed by atoms with Gasteiger partial charge in [0.2, 0.25) is 5.43 Å². The first-order valence-electron chi connectivity index (χ1n) is 8.63. The quantitative estimate of drug-likeness (QED) is 0.393. The summed E-state index contributed by atoms with van der Waals surface area (Å²) in [6, 6.07) is 22.6. The summed E-state index contributed by atoms with van der Waals surface area (Å²) in [4.78, 5) is 23.0. The van der Waals surface area contributed by atoms with Gasteiger partial charge in [0.25, 0.3) is 5.69 Å². The van der Waals surface area contributed by atoms with Crippen molar-refractivity contribution in [1.29, 1.82) is 0 Å². The Bertz CT molecular complexity index is 1240. The van der Waals surface area contributed by atoms with Crippen LogP contribution >= 0.6 is 0 Å². The highest BCUT2D eigenvalue weighted by atomic mass is 16.6. The van der Waals surface area contributed by atoms with Gasteiger partial charge in [-0.05, 0) is 42.0 Å². The maximum Gasteiger partial charge on any atom is 0.269 e. The zero-order chi connectivity index (χ0) is 19.5. The molecule has 0 atom stereocenters. The third-order valence-corrected chi connectivity index (χ3v) is 4.34. The Labute approximate surface area is 160 Å². The predicted molar refractivity (Wildman–Crippen MR) is 109 cm³/mol. The summed E-state index contributed by atoms with van der Waals surface area (Å²) < 4.78 is 1.65. The zero-order valence-corrected chi connectivity index (χ0v) is 14.7. The zero-order valence-electron chi connectivity index (χ0n) is 14.7. The lowest BCUT2D eigenvalue weighted by Gasteiger charge is -2.00. The molecule has 0 bridgehead atoms. The molecule has 0 N–H and O–H groups in total. The predicted octanol–water partition coefficient (Wildman–Crippen LogP) is 4.46. The normalized spacial score (nSPS) is 11.1. The minimum absolute atomic E-state index is 0.0407. The summed E-state index contributed by atoms with van der Waals surface area (Å²) in [5.41, 5.74) is 2.66. The lowest BCUT2D eigenvalue weighted by Crippen LogP contribution is -2.04. The number of benzene rings is 2. The van der Waals surface area contributed by atoms with Gasteiger partial charge in [-0.2, -0.15) is 5.10 Å². The molecule has 6 heteroatoms. The second-order valence-electron chi connectivity index (χ2n) is 6.16. The Morgan fingerprint density at radius 1 is 0.857 bits per heavy atom. The molecule has 6 nitrogen and oxygen atoms in total. The maximum absolute atomic E-state index is 12.6. The number of rotatable bonds is 4. The van der Waals surface area contributed by atoms with Gasteiger partial charge in [-0.15, -0.1) is 0 Å². The van der Waals surface area contributed by atoms with Gasteiger partial charge in [0.1, 0.15) is 5.52 Å². The Morgan fingerprint density at radius 3 is 2.25 bits per heavy atom. The molecule has 136 valence electrons. The fraction of sp³-hybridized carbons (Fsp3) is 0. The number of hydrogen-bond acceptors (Lipinski definition) is 4. The number of non-ortho nitro benzene ring substituents is 1. The third-order valence-electron chi connectivity index (χ3n) is 4.34. The Balaban J connectivity index is 1.84. The molecule has 0 saturated carbocycles. The van der Waals surface area contributed by atoms with E-state index in [0.717, 1.165) is 16.6 Å². The molecule has 0 aliphatic carbocycles. The number of nitro groups is 1. The maximum atomic E-state index is 12.6. The first kappa shape index (κ1) is 17.4. The van der Waals surface area contributed by atoms with Gasteiger partial charge in [0.15, 0.2) is 0 Å². The van der Waals surface area contributed by atoms with Crippen molar-refractivity contribution in [2.24, 2.45) is 0 Å². The van der Waals surface area contributed by atoms with Gasteiger partial charge in [0, 0.05) is 17.5 Å². The van der Waals surface area contributed by atoms with Crippen molar-refractivity contribution in [1.82, 2.24) is 9.78 Å². The van der Waals surface area contributed by atoms with Gasteiger partial charge in [0.05, 0.1) is 16.3 Å². The highest BCUT2D eigenvalue weighted by molar-refractivity contribution is 5.90. The van der Waals surface area contributed by atoms with E-state index < -0.39 is 4.92 Å². The van der Waals surface area contributed by atoms with E-state index in [1.807, 2.05) is 54.6 Å². The molecule has 28 heavy (non-hydrogen) atoms. The van der Waals surface area contributed by atoms with Crippen molar-refractivity contribution in [2.75, 3.05) is 0 Å². The van der Waals surface area contributed by atoms with Crippen LogP contribution < -0.4 is 5.43 Å². The van der Waals surface area contributed by atoms with Gasteiger partial charge >= 0.3 is 0 Å². The van der Waals surface area contributed by atoms with Crippen LogP contribution in [0.4, 0.5) is 5.69 Å². The van der Waals surface area contributed by atoms with Crippen LogP contribution in [-0.2, 0) is 0 Å². The van der Waals surface area contributed by atoms with E-state index in [2.05, 4.69) is 5.10 Å². The molecule has 3 aromatic carbocycles. The first-order valence-corrected chi connectivity index (χ1v) is 8.63. The van der Waals surface area contributed by atoms with Crippen LogP contribution in [0.3, 0.4) is 0 Å². The van der Waals surface area contributed by atoms with Crippen molar-refractivity contribution >= 4 is 28.7 Å². The molecule has 1 heterocycles. The van der Waals surface area contributed by atoms with E-state index in [1.165, 1.54) is 18.2 Å². The van der Waals surface area contributed by atoms with E-state index in [-0.39, 0.29) is 11.1 Å².